The van der Waals surface area contributed by atoms with Crippen LogP contribution in [0.3, 0.4) is 0 Å². The van der Waals surface area contributed by atoms with Crippen LogP contribution in [0.25, 0.3) is 0 Å². The van der Waals surface area contributed by atoms with Gasteiger partial charge in [0.2, 0.25) is 11.8 Å². The minimum Gasteiger partial charge on any atom is -0.296 e. The number of halogens is 1. The van der Waals surface area contributed by atoms with Gasteiger partial charge in [-0.1, -0.05) is 17.7 Å². The summed E-state index contributed by atoms with van der Waals surface area (Å²) >= 11 is 5.87. The van der Waals surface area contributed by atoms with Gasteiger partial charge in [-0.25, -0.2) is 0 Å². The fraction of sp³-hybridized carbons (Fsp3) is 0.333. The number of amides is 2. The molecule has 1 heterocycles. The van der Waals surface area contributed by atoms with Crippen molar-refractivity contribution in [1.29, 1.82) is 0 Å². The molecular weight excluding hydrogens is 226 g/mol. The van der Waals surface area contributed by atoms with Gasteiger partial charge in [-0.3, -0.25) is 14.9 Å². The second kappa shape index (κ2) is 4.26. The van der Waals surface area contributed by atoms with E-state index < -0.39 is 0 Å². The van der Waals surface area contributed by atoms with E-state index in [9.17, 15) is 9.59 Å². The van der Waals surface area contributed by atoms with Gasteiger partial charge >= 0.3 is 0 Å². The minimum absolute atomic E-state index is 0.0153. The maximum Gasteiger partial charge on any atom is 0.227 e. The van der Waals surface area contributed by atoms with Gasteiger partial charge in [-0.15, -0.1) is 0 Å². The zero-order valence-electron chi connectivity index (χ0n) is 8.92. The lowest BCUT2D eigenvalue weighted by Crippen LogP contribution is -2.37. The van der Waals surface area contributed by atoms with Crippen LogP contribution in [0.4, 0.5) is 0 Å². The Balaban J connectivity index is 2.29. The van der Waals surface area contributed by atoms with Crippen molar-refractivity contribution in [3.63, 3.8) is 0 Å². The standard InChI is InChI=1S/C12H12ClNO2/c1-7-4-9(13)2-3-10(7)8-5-11(15)14-12(16)6-8/h2-4,8H,5-6H2,1H3,(H,14,15,16). The van der Waals surface area contributed by atoms with Crippen LogP contribution in [0.2, 0.25) is 5.02 Å². The third-order valence-corrected chi connectivity index (χ3v) is 3.05. The van der Waals surface area contributed by atoms with E-state index in [1.807, 2.05) is 19.1 Å². The van der Waals surface area contributed by atoms with E-state index in [4.69, 9.17) is 11.6 Å². The number of imide groups is 1. The monoisotopic (exact) mass is 237 g/mol. The molecule has 0 aromatic heterocycles. The predicted molar refractivity (Wildman–Crippen MR) is 61.3 cm³/mol. The van der Waals surface area contributed by atoms with Crippen LogP contribution in [0.15, 0.2) is 18.2 Å². The van der Waals surface area contributed by atoms with E-state index in [1.54, 1.807) is 6.07 Å². The molecule has 4 heteroatoms. The number of hydrogen-bond donors (Lipinski definition) is 1. The van der Waals surface area contributed by atoms with Gasteiger partial charge in [-0.2, -0.15) is 0 Å². The average molecular weight is 238 g/mol. The topological polar surface area (TPSA) is 46.2 Å². The van der Waals surface area contributed by atoms with E-state index >= 15 is 0 Å². The molecular formula is C12H12ClNO2. The van der Waals surface area contributed by atoms with Crippen LogP contribution < -0.4 is 5.32 Å². The van der Waals surface area contributed by atoms with Crippen LogP contribution in [0, 0.1) is 6.92 Å². The van der Waals surface area contributed by atoms with Crippen molar-refractivity contribution in [2.45, 2.75) is 25.7 Å². The van der Waals surface area contributed by atoms with E-state index in [1.165, 1.54) is 0 Å². The van der Waals surface area contributed by atoms with Crippen molar-refractivity contribution >= 4 is 23.4 Å². The summed E-state index contributed by atoms with van der Waals surface area (Å²) in [5, 5.41) is 2.98. The predicted octanol–water partition coefficient (Wildman–Crippen LogP) is 2.17. The van der Waals surface area contributed by atoms with Crippen LogP contribution >= 0.6 is 11.6 Å². The van der Waals surface area contributed by atoms with Gasteiger partial charge in [0, 0.05) is 23.8 Å². The summed E-state index contributed by atoms with van der Waals surface area (Å²) in [6.07, 6.45) is 0.739. The lowest BCUT2D eigenvalue weighted by Gasteiger charge is -2.22. The summed E-state index contributed by atoms with van der Waals surface area (Å²) in [6, 6.07) is 5.54. The number of carbonyl (C=O) groups excluding carboxylic acids is 2. The quantitative estimate of drug-likeness (QED) is 0.761. The third-order valence-electron chi connectivity index (χ3n) is 2.81. The van der Waals surface area contributed by atoms with Crippen LogP contribution in [-0.2, 0) is 9.59 Å². The summed E-state index contributed by atoms with van der Waals surface area (Å²) < 4.78 is 0. The number of nitrogens with one attached hydrogen (secondary N) is 1. The Bertz CT molecular complexity index is 440. The first-order chi connectivity index (χ1) is 7.56. The number of piperidine rings is 1. The highest BCUT2D eigenvalue weighted by Gasteiger charge is 2.26. The Kier molecular flexibility index (Phi) is 2.97. The molecule has 2 amide bonds. The Hall–Kier alpha value is -1.35. The summed E-state index contributed by atoms with van der Waals surface area (Å²) in [5.74, 6) is -0.412. The van der Waals surface area contributed by atoms with E-state index in [0.29, 0.717) is 17.9 Å². The number of aryl methyl sites for hydroxylation is 1. The minimum atomic E-state index is -0.199. The van der Waals surface area contributed by atoms with Crippen LogP contribution in [0.5, 0.6) is 0 Å². The molecule has 1 aromatic carbocycles. The van der Waals surface area contributed by atoms with Crippen molar-refractivity contribution in [3.05, 3.63) is 34.3 Å². The van der Waals surface area contributed by atoms with Gasteiger partial charge in [0.05, 0.1) is 0 Å². The van der Waals surface area contributed by atoms with Gasteiger partial charge in [0.15, 0.2) is 0 Å². The normalized spacial score (nSPS) is 17.4. The fourth-order valence-electron chi connectivity index (χ4n) is 2.09. The van der Waals surface area contributed by atoms with Crippen molar-refractivity contribution in [2.75, 3.05) is 0 Å². The molecule has 16 heavy (non-hydrogen) atoms. The van der Waals surface area contributed by atoms with Crippen molar-refractivity contribution in [3.8, 4) is 0 Å². The molecule has 0 radical (unpaired) electrons. The first-order valence-electron chi connectivity index (χ1n) is 5.15. The highest BCUT2D eigenvalue weighted by Crippen LogP contribution is 2.30. The second-order valence-electron chi connectivity index (χ2n) is 4.08. The van der Waals surface area contributed by atoms with E-state index in [-0.39, 0.29) is 17.7 Å². The lowest BCUT2D eigenvalue weighted by molar-refractivity contribution is -0.133. The Labute approximate surface area is 98.8 Å². The summed E-state index contributed by atoms with van der Waals surface area (Å²) in [4.78, 5) is 22.6. The molecule has 3 nitrogen and oxygen atoms in total. The molecule has 0 aliphatic carbocycles. The van der Waals surface area contributed by atoms with E-state index in [2.05, 4.69) is 5.32 Å². The van der Waals surface area contributed by atoms with Gasteiger partial charge in [0.1, 0.15) is 0 Å². The van der Waals surface area contributed by atoms with Crippen molar-refractivity contribution in [2.24, 2.45) is 0 Å². The largest absolute Gasteiger partial charge is 0.296 e. The zero-order valence-corrected chi connectivity index (χ0v) is 9.67. The van der Waals surface area contributed by atoms with Gasteiger partial charge in [0.25, 0.3) is 0 Å². The molecule has 0 unspecified atom stereocenters. The highest BCUT2D eigenvalue weighted by molar-refractivity contribution is 6.30. The molecule has 1 N–H and O–H groups in total. The number of rotatable bonds is 1. The molecule has 84 valence electrons. The molecule has 1 aliphatic rings. The average Bonchev–Trinajstić information content (AvgIpc) is 2.15. The zero-order chi connectivity index (χ0) is 11.7. The number of hydrogen-bond acceptors (Lipinski definition) is 2. The maximum atomic E-state index is 11.3. The smallest absolute Gasteiger partial charge is 0.227 e. The second-order valence-corrected chi connectivity index (χ2v) is 4.51. The molecule has 1 fully saturated rings. The summed E-state index contributed by atoms with van der Waals surface area (Å²) in [6.45, 7) is 1.94. The van der Waals surface area contributed by atoms with Crippen molar-refractivity contribution < 1.29 is 9.59 Å². The molecule has 2 rings (SSSR count). The maximum absolute atomic E-state index is 11.3. The molecule has 0 spiro atoms. The molecule has 1 aliphatic heterocycles. The third kappa shape index (κ3) is 2.25. The molecule has 0 atom stereocenters. The van der Waals surface area contributed by atoms with Crippen molar-refractivity contribution in [1.82, 2.24) is 5.32 Å². The molecule has 1 aromatic rings. The lowest BCUT2D eigenvalue weighted by atomic mass is 9.87. The number of benzene rings is 1. The molecule has 1 saturated heterocycles. The Morgan fingerprint density at radius 2 is 1.88 bits per heavy atom. The highest BCUT2D eigenvalue weighted by atomic mass is 35.5. The van der Waals surface area contributed by atoms with E-state index in [0.717, 1.165) is 11.1 Å². The molecule has 0 saturated carbocycles. The van der Waals surface area contributed by atoms with Crippen LogP contribution in [-0.4, -0.2) is 11.8 Å². The van der Waals surface area contributed by atoms with Gasteiger partial charge < -0.3 is 0 Å². The number of carbonyl (C=O) groups is 2. The SMILES string of the molecule is Cc1cc(Cl)ccc1C1CC(=O)NC(=O)C1. The Morgan fingerprint density at radius 1 is 1.25 bits per heavy atom. The summed E-state index contributed by atoms with van der Waals surface area (Å²) in [7, 11) is 0. The van der Waals surface area contributed by atoms with Crippen LogP contribution in [0.1, 0.15) is 29.9 Å². The van der Waals surface area contributed by atoms with Gasteiger partial charge in [-0.05, 0) is 30.2 Å². The fourth-order valence-corrected chi connectivity index (χ4v) is 2.32. The molecule has 0 bridgehead atoms. The summed E-state index contributed by atoms with van der Waals surface area (Å²) in [5.41, 5.74) is 2.06. The Morgan fingerprint density at radius 3 is 2.44 bits per heavy atom. The first-order valence-corrected chi connectivity index (χ1v) is 5.53. The first kappa shape index (κ1) is 11.1.